The van der Waals surface area contributed by atoms with E-state index in [1.165, 1.54) is 43.4 Å². The monoisotopic (exact) mass is 369 g/mol. The normalized spacial score (nSPS) is 13.1. The first-order chi connectivity index (χ1) is 10.7. The number of hydrogen-bond donors (Lipinski definition) is 0. The van der Waals surface area contributed by atoms with E-state index in [2.05, 4.69) is 58.6 Å². The molecule has 0 unspecified atom stereocenters. The molecule has 1 nitrogen and oxygen atoms in total. The van der Waals surface area contributed by atoms with Crippen molar-refractivity contribution in [3.63, 3.8) is 0 Å². The molecular formula is C20H36NPTi. The fourth-order valence-corrected chi connectivity index (χ4v) is 6.91. The van der Waals surface area contributed by atoms with Gasteiger partial charge in [0.15, 0.2) is 0 Å². The third-order valence-electron chi connectivity index (χ3n) is 3.52. The van der Waals surface area contributed by atoms with Gasteiger partial charge in [0.1, 0.15) is 0 Å². The van der Waals surface area contributed by atoms with E-state index in [4.69, 9.17) is 4.74 Å². The maximum atomic E-state index is 5.19. The summed E-state index contributed by atoms with van der Waals surface area (Å²) in [6.07, 6.45) is 22.5. The quantitative estimate of drug-likeness (QED) is 0.228. The van der Waals surface area contributed by atoms with Gasteiger partial charge in [0, 0.05) is 33.8 Å². The molecule has 130 valence electrons. The summed E-state index contributed by atoms with van der Waals surface area (Å²) in [6.45, 7) is 12.5. The van der Waals surface area contributed by atoms with Gasteiger partial charge < -0.3 is 0 Å². The van der Waals surface area contributed by atoms with Gasteiger partial charge in [-0.2, -0.15) is 0 Å². The largest absolute Gasteiger partial charge is 0.272 e. The van der Waals surface area contributed by atoms with Crippen LogP contribution in [0.1, 0.15) is 59.8 Å². The summed E-state index contributed by atoms with van der Waals surface area (Å²) in [6, 6.07) is 0. The molecule has 0 aromatic rings. The van der Waals surface area contributed by atoms with Crippen LogP contribution in [0.5, 0.6) is 0 Å². The van der Waals surface area contributed by atoms with Gasteiger partial charge >= 0.3 is 0 Å². The van der Waals surface area contributed by atoms with Gasteiger partial charge in [0.25, 0.3) is 0 Å². The van der Waals surface area contributed by atoms with Crippen molar-refractivity contribution in [2.75, 3.05) is 18.5 Å². The predicted octanol–water partition coefficient (Wildman–Crippen LogP) is 7.40. The van der Waals surface area contributed by atoms with E-state index in [-0.39, 0.29) is 21.7 Å². The van der Waals surface area contributed by atoms with E-state index in [1.807, 2.05) is 6.08 Å². The number of hydrogen-bond acceptors (Lipinski definition) is 1. The van der Waals surface area contributed by atoms with Gasteiger partial charge in [-0.3, -0.25) is 4.74 Å². The Bertz CT molecular complexity index is 409. The van der Waals surface area contributed by atoms with Crippen LogP contribution in [0.3, 0.4) is 0 Å². The van der Waals surface area contributed by atoms with Crippen molar-refractivity contribution in [2.24, 2.45) is 4.74 Å². The Morgan fingerprint density at radius 3 is 1.96 bits per heavy atom. The maximum Gasteiger partial charge on any atom is 0.0425 e. The second-order valence-electron chi connectivity index (χ2n) is 5.73. The first-order valence-electron chi connectivity index (χ1n) is 8.90. The average Bonchev–Trinajstić information content (AvgIpc) is 2.99. The van der Waals surface area contributed by atoms with E-state index < -0.39 is 7.05 Å². The van der Waals surface area contributed by atoms with Crippen molar-refractivity contribution in [2.45, 2.75) is 59.8 Å². The Labute approximate surface area is 160 Å². The van der Waals surface area contributed by atoms with Crippen LogP contribution in [0.25, 0.3) is 0 Å². The minimum Gasteiger partial charge on any atom is -0.272 e. The summed E-state index contributed by atoms with van der Waals surface area (Å²) in [5.74, 6) is 0. The molecule has 3 heteroatoms. The van der Waals surface area contributed by atoms with Crippen molar-refractivity contribution in [1.29, 1.82) is 0 Å². The Kier molecular flexibility index (Phi) is 18.3. The van der Waals surface area contributed by atoms with Gasteiger partial charge in [0.05, 0.1) is 0 Å². The summed E-state index contributed by atoms with van der Waals surface area (Å²) in [7, 11) is -1.03. The predicted molar refractivity (Wildman–Crippen MR) is 106 cm³/mol. The first kappa shape index (κ1) is 25.1. The molecule has 0 aliphatic heterocycles. The fraction of sp³-hybridized carbons (Fsp3) is 0.600. The molecule has 0 heterocycles. The van der Waals surface area contributed by atoms with Gasteiger partial charge in [-0.15, -0.1) is 0 Å². The van der Waals surface area contributed by atoms with E-state index in [9.17, 15) is 0 Å². The zero-order valence-corrected chi connectivity index (χ0v) is 18.2. The molecule has 23 heavy (non-hydrogen) atoms. The van der Waals surface area contributed by atoms with Crippen molar-refractivity contribution in [3.8, 4) is 0 Å². The number of rotatable bonds is 9. The SMILES string of the molecule is C=CC=CCC.CCCP(CCC)(CCC)=NC1=CC=CC1.[Ti]. The molecule has 0 spiro atoms. The van der Waals surface area contributed by atoms with Crippen molar-refractivity contribution >= 4 is 7.05 Å². The molecule has 0 radical (unpaired) electrons. The molecule has 0 atom stereocenters. The third-order valence-corrected chi connectivity index (χ3v) is 8.04. The van der Waals surface area contributed by atoms with Crippen LogP contribution in [-0.2, 0) is 21.7 Å². The molecule has 0 amide bonds. The second-order valence-corrected chi connectivity index (χ2v) is 9.46. The minimum absolute atomic E-state index is 0. The molecule has 0 aromatic carbocycles. The van der Waals surface area contributed by atoms with Gasteiger partial charge in [-0.1, -0.05) is 83.9 Å². The number of allylic oxidation sites excluding steroid dienone is 6. The van der Waals surface area contributed by atoms with Crippen LogP contribution in [0.2, 0.25) is 0 Å². The molecule has 0 N–H and O–H groups in total. The molecule has 0 aromatic heterocycles. The Hall–Kier alpha value is -0.0957. The van der Waals surface area contributed by atoms with Crippen molar-refractivity contribution in [1.82, 2.24) is 0 Å². The second kappa shape index (κ2) is 16.8. The van der Waals surface area contributed by atoms with Gasteiger partial charge in [-0.25, -0.2) is 0 Å². The number of nitrogens with zero attached hydrogens (tertiary/aromatic N) is 1. The van der Waals surface area contributed by atoms with Crippen LogP contribution in [0, 0.1) is 0 Å². The average molecular weight is 369 g/mol. The summed E-state index contributed by atoms with van der Waals surface area (Å²) in [5, 5.41) is 0. The molecule has 1 rings (SSSR count). The summed E-state index contributed by atoms with van der Waals surface area (Å²) >= 11 is 0. The third kappa shape index (κ3) is 12.0. The summed E-state index contributed by atoms with van der Waals surface area (Å²) < 4.78 is 5.19. The van der Waals surface area contributed by atoms with E-state index in [0.29, 0.717) is 0 Å². The van der Waals surface area contributed by atoms with E-state index in [0.717, 1.165) is 12.8 Å². The molecule has 0 saturated heterocycles. The van der Waals surface area contributed by atoms with Crippen LogP contribution in [-0.4, -0.2) is 18.5 Å². The fourth-order valence-electron chi connectivity index (χ4n) is 2.75. The van der Waals surface area contributed by atoms with Crippen molar-refractivity contribution < 1.29 is 21.7 Å². The standard InChI is InChI=1S/C14H26NP.C6H10.Ti/c1-4-11-16(12-5-2,13-6-3)15-14-9-7-8-10-14;1-3-5-6-4-2;/h7-9H,4-6,10-13H2,1-3H3;3,5-6H,1,4H2,2H3;. The smallest absolute Gasteiger partial charge is 0.0425 e. The van der Waals surface area contributed by atoms with Crippen LogP contribution in [0.15, 0.2) is 53.5 Å². The molecule has 0 saturated carbocycles. The minimum atomic E-state index is -1.03. The maximum absolute atomic E-state index is 5.19. The summed E-state index contributed by atoms with van der Waals surface area (Å²) in [5.41, 5.74) is 1.34. The summed E-state index contributed by atoms with van der Waals surface area (Å²) in [4.78, 5) is 0. The molecule has 1 aliphatic rings. The topological polar surface area (TPSA) is 12.4 Å². The Morgan fingerprint density at radius 2 is 1.65 bits per heavy atom. The van der Waals surface area contributed by atoms with E-state index >= 15 is 0 Å². The first-order valence-corrected chi connectivity index (χ1v) is 11.2. The van der Waals surface area contributed by atoms with Crippen LogP contribution in [0.4, 0.5) is 0 Å². The molecule has 0 fully saturated rings. The molecular weight excluding hydrogens is 333 g/mol. The van der Waals surface area contributed by atoms with Gasteiger partial charge in [0.2, 0.25) is 0 Å². The molecule has 0 bridgehead atoms. The van der Waals surface area contributed by atoms with Crippen LogP contribution >= 0.6 is 7.05 Å². The zero-order chi connectivity index (χ0) is 16.7. The van der Waals surface area contributed by atoms with Gasteiger partial charge in [-0.05, 0) is 38.0 Å². The Balaban J connectivity index is 0. The molecule has 1 aliphatic carbocycles. The van der Waals surface area contributed by atoms with Crippen molar-refractivity contribution in [3.05, 3.63) is 48.7 Å². The van der Waals surface area contributed by atoms with Crippen LogP contribution < -0.4 is 0 Å². The zero-order valence-electron chi connectivity index (χ0n) is 15.7. The Morgan fingerprint density at radius 1 is 1.09 bits per heavy atom. The van der Waals surface area contributed by atoms with E-state index in [1.54, 1.807) is 6.08 Å².